The topological polar surface area (TPSA) is 76.3 Å². The lowest BCUT2D eigenvalue weighted by molar-refractivity contribution is 0.359. The van der Waals surface area contributed by atoms with Gasteiger partial charge in [-0.3, -0.25) is 0 Å². The minimum atomic E-state index is -3.61. The lowest BCUT2D eigenvalue weighted by atomic mass is 10.2. The third kappa shape index (κ3) is 2.15. The Morgan fingerprint density at radius 2 is 2.05 bits per heavy atom. The maximum atomic E-state index is 12.5. The average molecular weight is 279 g/mol. The van der Waals surface area contributed by atoms with Crippen molar-refractivity contribution in [3.8, 4) is 0 Å². The highest BCUT2D eigenvalue weighted by molar-refractivity contribution is 7.89. The lowest BCUT2D eigenvalue weighted by Crippen LogP contribution is -2.31. The van der Waals surface area contributed by atoms with E-state index in [0.29, 0.717) is 12.4 Å². The molecule has 2 aromatic heterocycles. The van der Waals surface area contributed by atoms with E-state index in [-0.39, 0.29) is 11.1 Å². The quantitative estimate of drug-likeness (QED) is 0.852. The van der Waals surface area contributed by atoms with Gasteiger partial charge in [0, 0.05) is 18.9 Å². The zero-order valence-corrected chi connectivity index (χ0v) is 11.0. The van der Waals surface area contributed by atoms with Crippen LogP contribution < -0.4 is 0 Å². The molecule has 2 aromatic rings. The van der Waals surface area contributed by atoms with E-state index >= 15 is 0 Å². The predicted octanol–water partition coefficient (Wildman–Crippen LogP) is 1.60. The van der Waals surface area contributed by atoms with Crippen LogP contribution in [0, 0.1) is 0 Å². The van der Waals surface area contributed by atoms with Crippen LogP contribution >= 0.6 is 0 Å². The summed E-state index contributed by atoms with van der Waals surface area (Å²) in [6.07, 6.45) is 6.13. The molecule has 1 fully saturated rings. The summed E-state index contributed by atoms with van der Waals surface area (Å²) in [6, 6.07) is 4.42. The van der Waals surface area contributed by atoms with Crippen molar-refractivity contribution in [2.75, 3.05) is 6.54 Å². The highest BCUT2D eigenvalue weighted by atomic mass is 32.2. The standard InChI is InChI=1S/C12H13N3O3S/c16-19(17,11-5-2-9-18-11)15-8-1-4-10(15)12-13-6-3-7-14-12/h2-3,5-7,9-10H,1,4,8H2. The number of hydrogen-bond acceptors (Lipinski definition) is 5. The fourth-order valence-electron chi connectivity index (χ4n) is 2.29. The number of sulfonamides is 1. The van der Waals surface area contributed by atoms with Crippen LogP contribution in [0.25, 0.3) is 0 Å². The molecular weight excluding hydrogens is 266 g/mol. The molecule has 7 heteroatoms. The van der Waals surface area contributed by atoms with Gasteiger partial charge < -0.3 is 4.42 Å². The van der Waals surface area contributed by atoms with Gasteiger partial charge in [0.2, 0.25) is 5.09 Å². The molecule has 1 atom stereocenters. The molecule has 0 N–H and O–H groups in total. The van der Waals surface area contributed by atoms with E-state index < -0.39 is 10.0 Å². The first kappa shape index (κ1) is 12.3. The molecule has 3 heterocycles. The zero-order valence-electron chi connectivity index (χ0n) is 10.1. The van der Waals surface area contributed by atoms with Crippen molar-refractivity contribution in [2.45, 2.75) is 24.0 Å². The Morgan fingerprint density at radius 1 is 1.26 bits per heavy atom. The molecule has 1 saturated heterocycles. The van der Waals surface area contributed by atoms with Gasteiger partial charge in [-0.15, -0.1) is 0 Å². The second-order valence-corrected chi connectivity index (χ2v) is 6.13. The summed E-state index contributed by atoms with van der Waals surface area (Å²) >= 11 is 0. The second-order valence-electron chi connectivity index (χ2n) is 4.31. The average Bonchev–Trinajstić information content (AvgIpc) is 3.11. The third-order valence-corrected chi connectivity index (χ3v) is 4.94. The Balaban J connectivity index is 1.97. The Bertz CT molecular complexity index is 640. The monoisotopic (exact) mass is 279 g/mol. The smallest absolute Gasteiger partial charge is 0.277 e. The van der Waals surface area contributed by atoms with Crippen LogP contribution in [-0.4, -0.2) is 29.2 Å². The van der Waals surface area contributed by atoms with Gasteiger partial charge in [-0.1, -0.05) is 0 Å². The highest BCUT2D eigenvalue weighted by Crippen LogP contribution is 2.34. The van der Waals surface area contributed by atoms with Crippen molar-refractivity contribution in [3.63, 3.8) is 0 Å². The van der Waals surface area contributed by atoms with Crippen LogP contribution in [-0.2, 0) is 10.0 Å². The van der Waals surface area contributed by atoms with E-state index in [0.717, 1.165) is 12.8 Å². The molecule has 0 saturated carbocycles. The summed E-state index contributed by atoms with van der Waals surface area (Å²) in [5.41, 5.74) is 0. The van der Waals surface area contributed by atoms with E-state index in [9.17, 15) is 8.42 Å². The summed E-state index contributed by atoms with van der Waals surface area (Å²) in [5, 5.41) is -0.0321. The summed E-state index contributed by atoms with van der Waals surface area (Å²) < 4.78 is 31.4. The van der Waals surface area contributed by atoms with Gasteiger partial charge in [-0.05, 0) is 31.0 Å². The first-order valence-corrected chi connectivity index (χ1v) is 7.46. The second kappa shape index (κ2) is 4.75. The fraction of sp³-hybridized carbons (Fsp3) is 0.333. The van der Waals surface area contributed by atoms with Gasteiger partial charge >= 0.3 is 0 Å². The van der Waals surface area contributed by atoms with E-state index in [2.05, 4.69) is 9.97 Å². The van der Waals surface area contributed by atoms with Crippen molar-refractivity contribution < 1.29 is 12.8 Å². The Kier molecular flexibility index (Phi) is 3.08. The SMILES string of the molecule is O=S(=O)(c1ccco1)N1CCCC1c1ncccn1. The minimum Gasteiger partial charge on any atom is -0.452 e. The van der Waals surface area contributed by atoms with Crippen LogP contribution in [0.2, 0.25) is 0 Å². The molecule has 0 radical (unpaired) electrons. The zero-order chi connectivity index (χ0) is 13.3. The van der Waals surface area contributed by atoms with Crippen LogP contribution in [0.15, 0.2) is 46.4 Å². The summed E-state index contributed by atoms with van der Waals surface area (Å²) in [4.78, 5) is 8.32. The highest BCUT2D eigenvalue weighted by Gasteiger charge is 2.38. The largest absolute Gasteiger partial charge is 0.452 e. The van der Waals surface area contributed by atoms with Crippen LogP contribution in [0.4, 0.5) is 0 Å². The molecule has 0 aromatic carbocycles. The fourth-order valence-corrected chi connectivity index (χ4v) is 3.86. The first-order chi connectivity index (χ1) is 9.19. The summed E-state index contributed by atoms with van der Waals surface area (Å²) in [5.74, 6) is 0.537. The number of hydrogen-bond donors (Lipinski definition) is 0. The molecule has 1 unspecified atom stereocenters. The minimum absolute atomic E-state index is 0.0321. The lowest BCUT2D eigenvalue weighted by Gasteiger charge is -2.21. The maximum Gasteiger partial charge on any atom is 0.277 e. The first-order valence-electron chi connectivity index (χ1n) is 6.02. The molecule has 100 valence electrons. The molecule has 6 nitrogen and oxygen atoms in total. The molecule has 19 heavy (non-hydrogen) atoms. The van der Waals surface area contributed by atoms with Crippen molar-refractivity contribution in [3.05, 3.63) is 42.7 Å². The van der Waals surface area contributed by atoms with Crippen molar-refractivity contribution >= 4 is 10.0 Å². The predicted molar refractivity (Wildman–Crippen MR) is 66.6 cm³/mol. The van der Waals surface area contributed by atoms with Gasteiger partial charge in [0.05, 0.1) is 12.3 Å². The van der Waals surface area contributed by atoms with E-state index in [1.54, 1.807) is 24.5 Å². The van der Waals surface area contributed by atoms with Gasteiger partial charge in [0.1, 0.15) is 5.82 Å². The van der Waals surface area contributed by atoms with Crippen molar-refractivity contribution in [1.82, 2.24) is 14.3 Å². The molecule has 3 rings (SSSR count). The molecule has 0 amide bonds. The Morgan fingerprint density at radius 3 is 2.74 bits per heavy atom. The summed E-state index contributed by atoms with van der Waals surface area (Å²) in [7, 11) is -3.61. The van der Waals surface area contributed by atoms with Crippen LogP contribution in [0.1, 0.15) is 24.7 Å². The van der Waals surface area contributed by atoms with Gasteiger partial charge in [0.25, 0.3) is 10.0 Å². The van der Waals surface area contributed by atoms with E-state index in [4.69, 9.17) is 4.42 Å². The van der Waals surface area contributed by atoms with E-state index in [1.807, 2.05) is 0 Å². The van der Waals surface area contributed by atoms with Gasteiger partial charge in [-0.25, -0.2) is 18.4 Å². The normalized spacial score (nSPS) is 20.7. The van der Waals surface area contributed by atoms with Crippen molar-refractivity contribution in [2.24, 2.45) is 0 Å². The molecule has 0 spiro atoms. The van der Waals surface area contributed by atoms with Gasteiger partial charge in [0.15, 0.2) is 0 Å². The van der Waals surface area contributed by atoms with Gasteiger partial charge in [-0.2, -0.15) is 4.31 Å². The molecule has 0 bridgehead atoms. The van der Waals surface area contributed by atoms with Crippen LogP contribution in [0.5, 0.6) is 0 Å². The Labute approximate surface area is 111 Å². The summed E-state index contributed by atoms with van der Waals surface area (Å²) in [6.45, 7) is 0.464. The van der Waals surface area contributed by atoms with E-state index in [1.165, 1.54) is 16.6 Å². The molecule has 0 aliphatic carbocycles. The van der Waals surface area contributed by atoms with Crippen LogP contribution in [0.3, 0.4) is 0 Å². The number of furan rings is 1. The van der Waals surface area contributed by atoms with Crippen molar-refractivity contribution in [1.29, 1.82) is 0 Å². The molecule has 1 aliphatic heterocycles. The number of aromatic nitrogens is 2. The third-order valence-electron chi connectivity index (χ3n) is 3.15. The molecule has 1 aliphatic rings. The molecular formula is C12H13N3O3S. The maximum absolute atomic E-state index is 12.5. The Hall–Kier alpha value is -1.73. The number of rotatable bonds is 3. The number of nitrogens with zero attached hydrogens (tertiary/aromatic N) is 3.